The number of hydrogen-bond donors (Lipinski definition) is 1. The fourth-order valence-corrected chi connectivity index (χ4v) is 3.26. The van der Waals surface area contributed by atoms with Gasteiger partial charge in [0.25, 0.3) is 0 Å². The molecule has 0 saturated heterocycles. The van der Waals surface area contributed by atoms with E-state index in [2.05, 4.69) is 10.1 Å². The quantitative estimate of drug-likeness (QED) is 0.497. The number of cyclic esters (lactones) is 1. The largest absolute Gasteiger partial charge is 0.496 e. The first-order chi connectivity index (χ1) is 13.8. The molecule has 0 unspecified atom stereocenters. The Kier molecular flexibility index (Phi) is 7.64. The van der Waals surface area contributed by atoms with Gasteiger partial charge in [0.15, 0.2) is 0 Å². The molecule has 0 aromatic heterocycles. The Labute approximate surface area is 170 Å². The summed E-state index contributed by atoms with van der Waals surface area (Å²) in [6.07, 6.45) is 3.23. The SMILES string of the molecule is COC(=O)CNC(=O)CCC(C)=CCc1c(OC)c(C)c2c(c1OC)C(=O)OC2. The minimum absolute atomic E-state index is 0.142. The van der Waals surface area contributed by atoms with Crippen LogP contribution in [0.15, 0.2) is 11.6 Å². The monoisotopic (exact) mass is 405 g/mol. The van der Waals surface area contributed by atoms with E-state index in [1.165, 1.54) is 14.2 Å². The van der Waals surface area contributed by atoms with Crippen LogP contribution in [-0.4, -0.2) is 45.7 Å². The predicted molar refractivity (Wildman–Crippen MR) is 105 cm³/mol. The average molecular weight is 405 g/mol. The van der Waals surface area contributed by atoms with Crippen LogP contribution in [-0.2, 0) is 32.1 Å². The van der Waals surface area contributed by atoms with E-state index in [1.54, 1.807) is 7.11 Å². The van der Waals surface area contributed by atoms with E-state index in [4.69, 9.17) is 14.2 Å². The third kappa shape index (κ3) is 5.07. The van der Waals surface area contributed by atoms with Crippen molar-refractivity contribution in [3.05, 3.63) is 33.9 Å². The van der Waals surface area contributed by atoms with Crippen LogP contribution in [0.5, 0.6) is 11.5 Å². The molecule has 8 heteroatoms. The Morgan fingerprint density at radius 3 is 2.45 bits per heavy atom. The van der Waals surface area contributed by atoms with Crippen LogP contribution in [0.1, 0.15) is 46.8 Å². The van der Waals surface area contributed by atoms with Crippen molar-refractivity contribution >= 4 is 17.8 Å². The number of benzene rings is 1. The Hall–Kier alpha value is -3.03. The van der Waals surface area contributed by atoms with Crippen molar-refractivity contribution in [3.63, 3.8) is 0 Å². The lowest BCUT2D eigenvalue weighted by molar-refractivity contribution is -0.141. The molecule has 1 N–H and O–H groups in total. The number of rotatable bonds is 9. The number of methoxy groups -OCH3 is 3. The second-order valence-electron chi connectivity index (χ2n) is 6.71. The molecule has 0 aliphatic carbocycles. The van der Waals surface area contributed by atoms with Gasteiger partial charge < -0.3 is 24.3 Å². The maximum atomic E-state index is 12.2. The number of allylic oxidation sites excluding steroid dienone is 2. The lowest BCUT2D eigenvalue weighted by Crippen LogP contribution is -2.29. The summed E-state index contributed by atoms with van der Waals surface area (Å²) in [6, 6.07) is 0. The first-order valence-corrected chi connectivity index (χ1v) is 9.26. The second kappa shape index (κ2) is 9.95. The normalized spacial score (nSPS) is 12.9. The summed E-state index contributed by atoms with van der Waals surface area (Å²) >= 11 is 0. The van der Waals surface area contributed by atoms with E-state index >= 15 is 0 Å². The molecule has 2 rings (SSSR count). The Morgan fingerprint density at radius 1 is 1.14 bits per heavy atom. The Morgan fingerprint density at radius 2 is 1.83 bits per heavy atom. The van der Waals surface area contributed by atoms with Crippen molar-refractivity contribution in [2.24, 2.45) is 0 Å². The van der Waals surface area contributed by atoms with Crippen molar-refractivity contribution in [2.45, 2.75) is 39.7 Å². The summed E-state index contributed by atoms with van der Waals surface area (Å²) in [6.45, 7) is 3.88. The van der Waals surface area contributed by atoms with Gasteiger partial charge >= 0.3 is 11.9 Å². The van der Waals surface area contributed by atoms with E-state index < -0.39 is 11.9 Å². The molecule has 0 saturated carbocycles. The molecule has 0 bridgehead atoms. The smallest absolute Gasteiger partial charge is 0.342 e. The zero-order chi connectivity index (χ0) is 21.6. The van der Waals surface area contributed by atoms with Gasteiger partial charge in [-0.25, -0.2) is 4.79 Å². The average Bonchev–Trinajstić information content (AvgIpc) is 3.10. The molecule has 8 nitrogen and oxygen atoms in total. The molecule has 0 radical (unpaired) electrons. The van der Waals surface area contributed by atoms with Gasteiger partial charge in [-0.1, -0.05) is 11.6 Å². The molecule has 0 spiro atoms. The van der Waals surface area contributed by atoms with Crippen LogP contribution in [0.3, 0.4) is 0 Å². The number of ether oxygens (including phenoxy) is 4. The van der Waals surface area contributed by atoms with Gasteiger partial charge in [0, 0.05) is 17.5 Å². The van der Waals surface area contributed by atoms with Gasteiger partial charge in [-0.2, -0.15) is 0 Å². The van der Waals surface area contributed by atoms with Crippen LogP contribution in [0.4, 0.5) is 0 Å². The van der Waals surface area contributed by atoms with Gasteiger partial charge in [0.05, 0.1) is 21.3 Å². The van der Waals surface area contributed by atoms with Crippen LogP contribution in [0.25, 0.3) is 0 Å². The zero-order valence-electron chi connectivity index (χ0n) is 17.5. The lowest BCUT2D eigenvalue weighted by atomic mass is 9.94. The number of nitrogens with one attached hydrogen (secondary N) is 1. The van der Waals surface area contributed by atoms with Crippen LogP contribution >= 0.6 is 0 Å². The Balaban J connectivity index is 2.14. The number of hydrogen-bond acceptors (Lipinski definition) is 7. The molecule has 0 atom stereocenters. The third-order valence-electron chi connectivity index (χ3n) is 4.89. The summed E-state index contributed by atoms with van der Waals surface area (Å²) in [5, 5.41) is 2.51. The zero-order valence-corrected chi connectivity index (χ0v) is 17.5. The van der Waals surface area contributed by atoms with Gasteiger partial charge in [-0.15, -0.1) is 0 Å². The molecular weight excluding hydrogens is 378 g/mol. The van der Waals surface area contributed by atoms with Crippen molar-refractivity contribution in [1.29, 1.82) is 0 Å². The molecule has 29 heavy (non-hydrogen) atoms. The van der Waals surface area contributed by atoms with Gasteiger partial charge in [-0.05, 0) is 32.3 Å². The van der Waals surface area contributed by atoms with Gasteiger partial charge in [0.1, 0.15) is 30.2 Å². The molecule has 158 valence electrons. The number of esters is 2. The van der Waals surface area contributed by atoms with E-state index in [0.29, 0.717) is 29.9 Å². The standard InChI is InChI=1S/C21H27NO7/c1-12(7-9-16(23)22-10-17(24)26-3)6-8-14-19(27-4)13(2)15-11-29-21(25)18(15)20(14)28-5/h6H,7-11H2,1-5H3,(H,22,23). The summed E-state index contributed by atoms with van der Waals surface area (Å²) in [7, 11) is 4.36. The second-order valence-corrected chi connectivity index (χ2v) is 6.71. The molecule has 1 aliphatic rings. The maximum Gasteiger partial charge on any atom is 0.342 e. The number of carbonyl (C=O) groups is 3. The first-order valence-electron chi connectivity index (χ1n) is 9.26. The summed E-state index contributed by atoms with van der Waals surface area (Å²) in [4.78, 5) is 35.0. The highest BCUT2D eigenvalue weighted by molar-refractivity contribution is 5.98. The summed E-state index contributed by atoms with van der Waals surface area (Å²) < 4.78 is 20.8. The molecule has 1 aromatic rings. The van der Waals surface area contributed by atoms with E-state index in [9.17, 15) is 14.4 Å². The minimum atomic E-state index is -0.490. The molecule has 1 aliphatic heterocycles. The van der Waals surface area contributed by atoms with Crippen molar-refractivity contribution in [1.82, 2.24) is 5.32 Å². The molecule has 1 heterocycles. The topological polar surface area (TPSA) is 100 Å². The minimum Gasteiger partial charge on any atom is -0.496 e. The fourth-order valence-electron chi connectivity index (χ4n) is 3.26. The van der Waals surface area contributed by atoms with Crippen molar-refractivity contribution in [3.8, 4) is 11.5 Å². The highest BCUT2D eigenvalue weighted by Crippen LogP contribution is 2.42. The van der Waals surface area contributed by atoms with Crippen LogP contribution in [0.2, 0.25) is 0 Å². The highest BCUT2D eigenvalue weighted by Gasteiger charge is 2.32. The van der Waals surface area contributed by atoms with E-state index in [1.807, 2.05) is 19.9 Å². The molecule has 0 fully saturated rings. The lowest BCUT2D eigenvalue weighted by Gasteiger charge is -2.18. The molecular formula is C21H27NO7. The Bertz CT molecular complexity index is 842. The fraction of sp³-hybridized carbons (Fsp3) is 0.476. The molecule has 1 aromatic carbocycles. The van der Waals surface area contributed by atoms with E-state index in [0.717, 1.165) is 22.3 Å². The number of amides is 1. The summed E-state index contributed by atoms with van der Waals surface area (Å²) in [5.74, 6) is 0.0140. The number of fused-ring (bicyclic) bond motifs is 1. The maximum absolute atomic E-state index is 12.2. The third-order valence-corrected chi connectivity index (χ3v) is 4.89. The molecule has 1 amide bonds. The number of carbonyl (C=O) groups excluding carboxylic acids is 3. The van der Waals surface area contributed by atoms with Crippen LogP contribution in [0, 0.1) is 6.92 Å². The first kappa shape index (κ1) is 22.3. The highest BCUT2D eigenvalue weighted by atomic mass is 16.5. The van der Waals surface area contributed by atoms with Crippen molar-refractivity contribution < 1.29 is 33.3 Å². The van der Waals surface area contributed by atoms with Crippen molar-refractivity contribution in [2.75, 3.05) is 27.9 Å². The van der Waals surface area contributed by atoms with Crippen LogP contribution < -0.4 is 14.8 Å². The predicted octanol–water partition coefficient (Wildman–Crippen LogP) is 2.24. The summed E-state index contributed by atoms with van der Waals surface area (Å²) in [5.41, 5.74) is 3.85. The van der Waals surface area contributed by atoms with Gasteiger partial charge in [0.2, 0.25) is 5.91 Å². The van der Waals surface area contributed by atoms with E-state index in [-0.39, 0.29) is 25.5 Å². The van der Waals surface area contributed by atoms with Gasteiger partial charge in [-0.3, -0.25) is 9.59 Å².